The smallest absolute Gasteiger partial charge is 0.0868 e. The van der Waals surface area contributed by atoms with Gasteiger partial charge in [-0.1, -0.05) is 0 Å². The Morgan fingerprint density at radius 2 is 2.18 bits per heavy atom. The molecule has 0 atom stereocenters. The van der Waals surface area contributed by atoms with E-state index in [-0.39, 0.29) is 6.61 Å². The highest BCUT2D eigenvalue weighted by molar-refractivity contribution is 5.12. The van der Waals surface area contributed by atoms with Gasteiger partial charge in [0.1, 0.15) is 0 Å². The second kappa shape index (κ2) is 2.58. The van der Waals surface area contributed by atoms with Crippen molar-refractivity contribution in [3.8, 4) is 0 Å². The van der Waals surface area contributed by atoms with Crippen molar-refractivity contribution in [3.05, 3.63) is 23.8 Å². The first-order chi connectivity index (χ1) is 5.40. The third kappa shape index (κ3) is 1.38. The van der Waals surface area contributed by atoms with Crippen molar-refractivity contribution < 1.29 is 5.11 Å². The summed E-state index contributed by atoms with van der Waals surface area (Å²) in [5.74, 6) is 0.648. The predicted molar refractivity (Wildman–Crippen MR) is 39.9 cm³/mol. The largest absolute Gasteiger partial charge is 0.390 e. The van der Waals surface area contributed by atoms with Crippen molar-refractivity contribution in [1.82, 2.24) is 9.97 Å². The summed E-state index contributed by atoms with van der Waals surface area (Å²) in [5, 5.41) is 8.68. The van der Waals surface area contributed by atoms with Crippen LogP contribution in [0.5, 0.6) is 0 Å². The number of hydrogen-bond acceptors (Lipinski definition) is 3. The van der Waals surface area contributed by atoms with Gasteiger partial charge in [-0.25, -0.2) is 0 Å². The topological polar surface area (TPSA) is 46.0 Å². The van der Waals surface area contributed by atoms with E-state index in [1.807, 2.05) is 0 Å². The molecule has 0 radical (unpaired) electrons. The Bertz CT molecular complexity index is 241. The van der Waals surface area contributed by atoms with Crippen LogP contribution in [0.1, 0.15) is 30.1 Å². The second-order valence-electron chi connectivity index (χ2n) is 2.86. The summed E-state index contributed by atoms with van der Waals surface area (Å²) in [6, 6.07) is 0. The van der Waals surface area contributed by atoms with E-state index in [2.05, 4.69) is 9.97 Å². The maximum atomic E-state index is 8.68. The molecule has 11 heavy (non-hydrogen) atoms. The average Bonchev–Trinajstić information content (AvgIpc) is 2.87. The Balaban J connectivity index is 2.19. The second-order valence-corrected chi connectivity index (χ2v) is 2.86. The molecule has 3 nitrogen and oxygen atoms in total. The average molecular weight is 150 g/mol. The van der Waals surface area contributed by atoms with E-state index in [0.29, 0.717) is 11.6 Å². The van der Waals surface area contributed by atoms with Crippen LogP contribution in [0.2, 0.25) is 0 Å². The maximum Gasteiger partial charge on any atom is 0.0868 e. The van der Waals surface area contributed by atoms with Crippen LogP contribution < -0.4 is 0 Å². The van der Waals surface area contributed by atoms with Crippen LogP contribution >= 0.6 is 0 Å². The molecule has 1 aromatic rings. The molecular formula is C8H10N2O. The standard InChI is InChI=1S/C8H10N2O/c11-5-7-3-10-8(4-9-7)6-1-2-6/h3-4,6,11H,1-2,5H2. The molecular weight excluding hydrogens is 140 g/mol. The van der Waals surface area contributed by atoms with Crippen LogP contribution in [0.15, 0.2) is 12.4 Å². The zero-order valence-corrected chi connectivity index (χ0v) is 6.20. The fourth-order valence-corrected chi connectivity index (χ4v) is 1.04. The number of aliphatic hydroxyl groups is 1. The van der Waals surface area contributed by atoms with E-state index < -0.39 is 0 Å². The highest BCUT2D eigenvalue weighted by Crippen LogP contribution is 2.38. The van der Waals surface area contributed by atoms with Gasteiger partial charge in [-0.05, 0) is 12.8 Å². The van der Waals surface area contributed by atoms with E-state index in [1.54, 1.807) is 12.4 Å². The Hall–Kier alpha value is -0.960. The lowest BCUT2D eigenvalue weighted by atomic mass is 10.3. The van der Waals surface area contributed by atoms with Gasteiger partial charge in [0.15, 0.2) is 0 Å². The van der Waals surface area contributed by atoms with Crippen molar-refractivity contribution in [1.29, 1.82) is 0 Å². The van der Waals surface area contributed by atoms with Gasteiger partial charge in [0.25, 0.3) is 0 Å². The minimum absolute atomic E-state index is 0.0159. The molecule has 1 heterocycles. The van der Waals surface area contributed by atoms with Gasteiger partial charge in [0.2, 0.25) is 0 Å². The Morgan fingerprint density at radius 1 is 1.36 bits per heavy atom. The maximum absolute atomic E-state index is 8.68. The summed E-state index contributed by atoms with van der Waals surface area (Å²) in [6.07, 6.45) is 5.90. The van der Waals surface area contributed by atoms with Crippen molar-refractivity contribution in [3.63, 3.8) is 0 Å². The predicted octanol–water partition coefficient (Wildman–Crippen LogP) is 0.846. The SMILES string of the molecule is OCc1cnc(C2CC2)cn1. The lowest BCUT2D eigenvalue weighted by Gasteiger charge is -1.96. The highest BCUT2D eigenvalue weighted by atomic mass is 16.3. The van der Waals surface area contributed by atoms with Gasteiger partial charge in [-0.15, -0.1) is 0 Å². The van der Waals surface area contributed by atoms with E-state index in [0.717, 1.165) is 5.69 Å². The summed E-state index contributed by atoms with van der Waals surface area (Å²) >= 11 is 0. The molecule has 58 valence electrons. The molecule has 0 aliphatic heterocycles. The third-order valence-electron chi connectivity index (χ3n) is 1.88. The van der Waals surface area contributed by atoms with Crippen LogP contribution in [-0.4, -0.2) is 15.1 Å². The molecule has 1 aliphatic carbocycles. The normalized spacial score (nSPS) is 16.8. The minimum atomic E-state index is -0.0159. The molecule has 2 rings (SSSR count). The molecule has 0 bridgehead atoms. The number of rotatable bonds is 2. The van der Waals surface area contributed by atoms with Gasteiger partial charge in [-0.2, -0.15) is 0 Å². The van der Waals surface area contributed by atoms with Gasteiger partial charge >= 0.3 is 0 Å². The molecule has 0 aromatic carbocycles. The summed E-state index contributed by atoms with van der Waals surface area (Å²) in [6.45, 7) is -0.0159. The summed E-state index contributed by atoms with van der Waals surface area (Å²) in [4.78, 5) is 8.23. The van der Waals surface area contributed by atoms with E-state index in [4.69, 9.17) is 5.11 Å². The Labute approximate surface area is 65.1 Å². The number of aromatic nitrogens is 2. The van der Waals surface area contributed by atoms with Crippen LogP contribution in [0, 0.1) is 0 Å². The molecule has 0 spiro atoms. The van der Waals surface area contributed by atoms with Gasteiger partial charge in [0.05, 0.1) is 24.2 Å². The van der Waals surface area contributed by atoms with Crippen LogP contribution in [-0.2, 0) is 6.61 Å². The fourth-order valence-electron chi connectivity index (χ4n) is 1.04. The van der Waals surface area contributed by atoms with Crippen LogP contribution in [0.25, 0.3) is 0 Å². The van der Waals surface area contributed by atoms with Gasteiger partial charge in [-0.3, -0.25) is 9.97 Å². The molecule has 0 amide bonds. The van der Waals surface area contributed by atoms with Crippen molar-refractivity contribution in [2.45, 2.75) is 25.4 Å². The van der Waals surface area contributed by atoms with E-state index in [1.165, 1.54) is 12.8 Å². The summed E-state index contributed by atoms with van der Waals surface area (Å²) in [5.41, 5.74) is 1.72. The van der Waals surface area contributed by atoms with Gasteiger partial charge in [0, 0.05) is 12.1 Å². The summed E-state index contributed by atoms with van der Waals surface area (Å²) in [7, 11) is 0. The summed E-state index contributed by atoms with van der Waals surface area (Å²) < 4.78 is 0. The Kier molecular flexibility index (Phi) is 1.58. The molecule has 1 N–H and O–H groups in total. The molecule has 1 fully saturated rings. The Morgan fingerprint density at radius 3 is 2.64 bits per heavy atom. The quantitative estimate of drug-likeness (QED) is 0.679. The third-order valence-corrected chi connectivity index (χ3v) is 1.88. The zero-order valence-electron chi connectivity index (χ0n) is 6.20. The van der Waals surface area contributed by atoms with E-state index in [9.17, 15) is 0 Å². The van der Waals surface area contributed by atoms with Crippen LogP contribution in [0.3, 0.4) is 0 Å². The first-order valence-corrected chi connectivity index (χ1v) is 3.82. The highest BCUT2D eigenvalue weighted by Gasteiger charge is 2.24. The first kappa shape index (κ1) is 6.73. The zero-order chi connectivity index (χ0) is 7.68. The minimum Gasteiger partial charge on any atom is -0.390 e. The number of nitrogens with zero attached hydrogens (tertiary/aromatic N) is 2. The first-order valence-electron chi connectivity index (χ1n) is 3.82. The van der Waals surface area contributed by atoms with Crippen LogP contribution in [0.4, 0.5) is 0 Å². The van der Waals surface area contributed by atoms with Crippen molar-refractivity contribution >= 4 is 0 Å². The van der Waals surface area contributed by atoms with E-state index >= 15 is 0 Å². The molecule has 3 heteroatoms. The van der Waals surface area contributed by atoms with Crippen molar-refractivity contribution in [2.24, 2.45) is 0 Å². The number of aliphatic hydroxyl groups excluding tert-OH is 1. The fraction of sp³-hybridized carbons (Fsp3) is 0.500. The molecule has 1 aliphatic rings. The monoisotopic (exact) mass is 150 g/mol. The molecule has 0 saturated heterocycles. The lowest BCUT2D eigenvalue weighted by Crippen LogP contribution is -1.93. The molecule has 1 aromatic heterocycles. The molecule has 1 saturated carbocycles. The molecule has 0 unspecified atom stereocenters. The van der Waals surface area contributed by atoms with Gasteiger partial charge < -0.3 is 5.11 Å². The van der Waals surface area contributed by atoms with Crippen molar-refractivity contribution in [2.75, 3.05) is 0 Å². The number of hydrogen-bond donors (Lipinski definition) is 1. The lowest BCUT2D eigenvalue weighted by molar-refractivity contribution is 0.276.